The predicted molar refractivity (Wildman–Crippen MR) is 93.9 cm³/mol. The molecule has 1 fully saturated rings. The number of benzene rings is 2. The summed E-state index contributed by atoms with van der Waals surface area (Å²) in [6.45, 7) is 0.668. The number of nitrogens with zero attached hydrogens (tertiary/aromatic N) is 1. The molecule has 0 aromatic heterocycles. The molecule has 0 unspecified atom stereocenters. The molecular weight excluding hydrogens is 337 g/mol. The van der Waals surface area contributed by atoms with Crippen molar-refractivity contribution in [1.82, 2.24) is 10.2 Å². The lowest BCUT2D eigenvalue weighted by Gasteiger charge is -2.34. The maximum atomic E-state index is 12.9. The molecule has 1 aliphatic heterocycles. The third-order valence-electron chi connectivity index (χ3n) is 4.12. The molecule has 6 nitrogen and oxygen atoms in total. The number of hydrogen-bond donors (Lipinski definition) is 2. The number of anilines is 1. The Hall–Kier alpha value is -3.22. The minimum atomic E-state index is -0.892. The van der Waals surface area contributed by atoms with Crippen molar-refractivity contribution in [1.29, 1.82) is 0 Å². The molecule has 1 atom stereocenters. The van der Waals surface area contributed by atoms with Crippen molar-refractivity contribution in [2.45, 2.75) is 12.5 Å². The molecule has 2 aromatic rings. The molecule has 134 valence electrons. The quantitative estimate of drug-likeness (QED) is 0.878. The number of piperazine rings is 1. The number of hydrogen-bond acceptors (Lipinski definition) is 3. The van der Waals surface area contributed by atoms with Crippen molar-refractivity contribution in [3.05, 3.63) is 66.0 Å². The number of carbonyl (C=O) groups is 3. The second kappa shape index (κ2) is 7.77. The molecule has 7 heteroatoms. The lowest BCUT2D eigenvalue weighted by atomic mass is 10.1. The van der Waals surface area contributed by atoms with E-state index in [-0.39, 0.29) is 18.2 Å². The Balaban J connectivity index is 1.72. The summed E-state index contributed by atoms with van der Waals surface area (Å²) < 4.78 is 12.9. The van der Waals surface area contributed by atoms with E-state index in [1.807, 2.05) is 0 Å². The van der Waals surface area contributed by atoms with Crippen LogP contribution in [0.3, 0.4) is 0 Å². The lowest BCUT2D eigenvalue weighted by Crippen LogP contribution is -2.58. The Bertz CT molecular complexity index is 809. The van der Waals surface area contributed by atoms with E-state index < -0.39 is 17.8 Å². The van der Waals surface area contributed by atoms with Gasteiger partial charge in [-0.2, -0.15) is 0 Å². The Morgan fingerprint density at radius 2 is 1.81 bits per heavy atom. The number of halogens is 1. The highest BCUT2D eigenvalue weighted by Crippen LogP contribution is 2.16. The van der Waals surface area contributed by atoms with Gasteiger partial charge in [0.15, 0.2) is 0 Å². The van der Waals surface area contributed by atoms with Crippen LogP contribution in [0, 0.1) is 5.82 Å². The minimum absolute atomic E-state index is 0.179. The molecule has 1 aliphatic rings. The summed E-state index contributed by atoms with van der Waals surface area (Å²) in [7, 11) is 0. The summed E-state index contributed by atoms with van der Waals surface area (Å²) in [4.78, 5) is 38.7. The first-order valence-corrected chi connectivity index (χ1v) is 8.24. The lowest BCUT2D eigenvalue weighted by molar-refractivity contribution is -0.131. The second-order valence-corrected chi connectivity index (χ2v) is 5.93. The fraction of sp³-hybridized carbons (Fsp3) is 0.211. The topological polar surface area (TPSA) is 78.5 Å². The molecule has 3 amide bonds. The van der Waals surface area contributed by atoms with Crippen LogP contribution in [-0.2, 0) is 9.59 Å². The molecule has 0 radical (unpaired) electrons. The molecule has 2 aromatic carbocycles. The summed E-state index contributed by atoms with van der Waals surface area (Å²) in [5.41, 5.74) is 0.889. The normalized spacial score (nSPS) is 16.7. The number of rotatable bonds is 4. The number of amides is 3. The highest BCUT2D eigenvalue weighted by molar-refractivity contribution is 6.01. The zero-order valence-electron chi connectivity index (χ0n) is 13.9. The van der Waals surface area contributed by atoms with Gasteiger partial charge >= 0.3 is 0 Å². The smallest absolute Gasteiger partial charge is 0.254 e. The average molecular weight is 355 g/mol. The van der Waals surface area contributed by atoms with Gasteiger partial charge in [0.1, 0.15) is 11.9 Å². The van der Waals surface area contributed by atoms with Gasteiger partial charge in [0.25, 0.3) is 5.91 Å². The first kappa shape index (κ1) is 17.6. The van der Waals surface area contributed by atoms with Crippen molar-refractivity contribution >= 4 is 23.4 Å². The molecule has 26 heavy (non-hydrogen) atoms. The maximum Gasteiger partial charge on any atom is 0.254 e. The van der Waals surface area contributed by atoms with Crippen molar-refractivity contribution in [2.24, 2.45) is 0 Å². The Kier molecular flexibility index (Phi) is 5.26. The highest BCUT2D eigenvalue weighted by Gasteiger charge is 2.35. The van der Waals surface area contributed by atoms with Crippen molar-refractivity contribution < 1.29 is 18.8 Å². The van der Waals surface area contributed by atoms with Crippen LogP contribution < -0.4 is 10.6 Å². The van der Waals surface area contributed by atoms with Crippen LogP contribution in [0.2, 0.25) is 0 Å². The van der Waals surface area contributed by atoms with E-state index in [0.29, 0.717) is 24.3 Å². The first-order chi connectivity index (χ1) is 12.5. The van der Waals surface area contributed by atoms with Crippen LogP contribution in [0.1, 0.15) is 16.8 Å². The summed E-state index contributed by atoms with van der Waals surface area (Å²) in [6.07, 6.45) is -0.179. The Labute approximate surface area is 150 Å². The molecule has 1 saturated heterocycles. The summed E-state index contributed by atoms with van der Waals surface area (Å²) >= 11 is 0. The molecule has 0 saturated carbocycles. The van der Waals surface area contributed by atoms with Gasteiger partial charge in [0, 0.05) is 24.3 Å². The third kappa shape index (κ3) is 4.05. The first-order valence-electron chi connectivity index (χ1n) is 8.24. The van der Waals surface area contributed by atoms with Gasteiger partial charge in [0.2, 0.25) is 11.8 Å². The summed E-state index contributed by atoms with van der Waals surface area (Å²) in [5, 5.41) is 5.30. The Morgan fingerprint density at radius 3 is 2.50 bits per heavy atom. The van der Waals surface area contributed by atoms with Crippen LogP contribution in [0.25, 0.3) is 0 Å². The van der Waals surface area contributed by atoms with Gasteiger partial charge in [-0.1, -0.05) is 18.2 Å². The number of nitrogens with one attached hydrogen (secondary N) is 2. The third-order valence-corrected chi connectivity index (χ3v) is 4.12. The van der Waals surface area contributed by atoms with Crippen LogP contribution in [0.5, 0.6) is 0 Å². The van der Waals surface area contributed by atoms with Gasteiger partial charge in [-0.25, -0.2) is 4.39 Å². The van der Waals surface area contributed by atoms with E-state index in [1.165, 1.54) is 29.2 Å². The van der Waals surface area contributed by atoms with Gasteiger partial charge < -0.3 is 15.5 Å². The van der Waals surface area contributed by atoms with E-state index in [9.17, 15) is 18.8 Å². The SMILES string of the molecule is O=C(C[C@@H]1C(=O)NCCN1C(=O)c1ccccc1)Nc1ccc(F)cc1. The second-order valence-electron chi connectivity index (χ2n) is 5.93. The van der Waals surface area contributed by atoms with Gasteiger partial charge in [-0.3, -0.25) is 14.4 Å². The van der Waals surface area contributed by atoms with E-state index in [1.54, 1.807) is 30.3 Å². The zero-order chi connectivity index (χ0) is 18.5. The summed E-state index contributed by atoms with van der Waals surface area (Å²) in [6, 6.07) is 13.1. The standard InChI is InChI=1S/C19H18FN3O3/c20-14-6-8-15(9-7-14)22-17(24)12-16-18(25)21-10-11-23(16)19(26)13-4-2-1-3-5-13/h1-9,16H,10-12H2,(H,21,25)(H,22,24)/t16-/m1/s1. The van der Waals surface area contributed by atoms with Crippen LogP contribution in [0.4, 0.5) is 10.1 Å². The molecule has 1 heterocycles. The minimum Gasteiger partial charge on any atom is -0.353 e. The monoisotopic (exact) mass is 355 g/mol. The van der Waals surface area contributed by atoms with Crippen LogP contribution in [-0.4, -0.2) is 41.8 Å². The van der Waals surface area contributed by atoms with E-state index in [4.69, 9.17) is 0 Å². The fourth-order valence-electron chi connectivity index (χ4n) is 2.83. The molecule has 0 spiro atoms. The van der Waals surface area contributed by atoms with Gasteiger partial charge in [-0.05, 0) is 36.4 Å². The molecule has 0 bridgehead atoms. The van der Waals surface area contributed by atoms with E-state index in [2.05, 4.69) is 10.6 Å². The molecular formula is C19H18FN3O3. The van der Waals surface area contributed by atoms with Gasteiger partial charge in [0.05, 0.1) is 6.42 Å². The predicted octanol–water partition coefficient (Wildman–Crippen LogP) is 1.80. The highest BCUT2D eigenvalue weighted by atomic mass is 19.1. The zero-order valence-corrected chi connectivity index (χ0v) is 13.9. The largest absolute Gasteiger partial charge is 0.353 e. The van der Waals surface area contributed by atoms with Crippen molar-refractivity contribution in [3.63, 3.8) is 0 Å². The molecule has 2 N–H and O–H groups in total. The van der Waals surface area contributed by atoms with Crippen LogP contribution >= 0.6 is 0 Å². The van der Waals surface area contributed by atoms with E-state index >= 15 is 0 Å². The van der Waals surface area contributed by atoms with Crippen LogP contribution in [0.15, 0.2) is 54.6 Å². The van der Waals surface area contributed by atoms with Crippen molar-refractivity contribution in [2.75, 3.05) is 18.4 Å². The summed E-state index contributed by atoms with van der Waals surface area (Å²) in [5.74, 6) is -1.49. The average Bonchev–Trinajstić information content (AvgIpc) is 2.65. The Morgan fingerprint density at radius 1 is 1.12 bits per heavy atom. The maximum absolute atomic E-state index is 12.9. The molecule has 3 rings (SSSR count). The molecule has 0 aliphatic carbocycles. The number of carbonyl (C=O) groups excluding carboxylic acids is 3. The van der Waals surface area contributed by atoms with E-state index in [0.717, 1.165) is 0 Å². The van der Waals surface area contributed by atoms with Crippen molar-refractivity contribution in [3.8, 4) is 0 Å². The fourth-order valence-corrected chi connectivity index (χ4v) is 2.83. The van der Waals surface area contributed by atoms with Gasteiger partial charge in [-0.15, -0.1) is 0 Å².